The molecule has 0 saturated heterocycles. The molecule has 0 N–H and O–H groups in total. The molecule has 1 amide bonds. The normalized spacial score (nSPS) is 18.4. The number of rotatable bonds is 4. The third kappa shape index (κ3) is 4.16. The lowest BCUT2D eigenvalue weighted by Gasteiger charge is -2.34. The molecule has 2 nitrogen and oxygen atoms in total. The molecule has 0 fully saturated rings. The van der Waals surface area contributed by atoms with E-state index in [0.717, 1.165) is 18.7 Å². The molecule has 102 valence electrons. The van der Waals surface area contributed by atoms with Crippen molar-refractivity contribution < 1.29 is 4.79 Å². The second-order valence-corrected chi connectivity index (χ2v) is 6.49. The van der Waals surface area contributed by atoms with Gasteiger partial charge in [0.2, 0.25) is 5.91 Å². The van der Waals surface area contributed by atoms with Crippen LogP contribution in [0.1, 0.15) is 41.0 Å². The van der Waals surface area contributed by atoms with Crippen molar-refractivity contribution in [3.05, 3.63) is 23.4 Å². The first-order valence-corrected chi connectivity index (χ1v) is 7.05. The van der Waals surface area contributed by atoms with Crippen molar-refractivity contribution in [3.8, 4) is 0 Å². The number of halogens is 1. The fraction of sp³-hybridized carbons (Fsp3) is 0.667. The van der Waals surface area contributed by atoms with Gasteiger partial charge in [0, 0.05) is 12.2 Å². The average Bonchev–Trinajstić information content (AvgIpc) is 2.21. The van der Waals surface area contributed by atoms with Crippen LogP contribution in [0.5, 0.6) is 0 Å². The highest BCUT2D eigenvalue weighted by molar-refractivity contribution is 6.27. The summed E-state index contributed by atoms with van der Waals surface area (Å²) in [6.07, 6.45) is 5.26. The molecule has 0 unspecified atom stereocenters. The number of alkyl halides is 1. The third-order valence-electron chi connectivity index (χ3n) is 2.96. The lowest BCUT2D eigenvalue weighted by Crippen LogP contribution is -2.36. The topological polar surface area (TPSA) is 20.3 Å². The first-order chi connectivity index (χ1) is 8.25. The molecule has 0 radical (unpaired) electrons. The van der Waals surface area contributed by atoms with Gasteiger partial charge in [-0.2, -0.15) is 0 Å². The highest BCUT2D eigenvalue weighted by Gasteiger charge is 2.27. The summed E-state index contributed by atoms with van der Waals surface area (Å²) in [6, 6.07) is 0. The number of carbonyl (C=O) groups is 1. The molecular formula is C15H24ClNO. The Balaban J connectivity index is 2.99. The quantitative estimate of drug-likeness (QED) is 0.707. The van der Waals surface area contributed by atoms with Crippen LogP contribution in [0.4, 0.5) is 0 Å². The van der Waals surface area contributed by atoms with Crippen LogP contribution in [0.25, 0.3) is 0 Å². The van der Waals surface area contributed by atoms with Crippen LogP contribution < -0.4 is 0 Å². The van der Waals surface area contributed by atoms with Crippen molar-refractivity contribution in [2.24, 2.45) is 11.3 Å². The fourth-order valence-electron chi connectivity index (χ4n) is 2.48. The molecule has 0 aromatic rings. The van der Waals surface area contributed by atoms with E-state index in [9.17, 15) is 4.79 Å². The molecule has 0 bridgehead atoms. The van der Waals surface area contributed by atoms with Crippen LogP contribution in [0.3, 0.4) is 0 Å². The van der Waals surface area contributed by atoms with Gasteiger partial charge in [-0.1, -0.05) is 39.3 Å². The van der Waals surface area contributed by atoms with Crippen molar-refractivity contribution >= 4 is 17.5 Å². The maximum Gasteiger partial charge on any atom is 0.241 e. The molecule has 0 aliphatic heterocycles. The van der Waals surface area contributed by atoms with E-state index >= 15 is 0 Å². The number of amides is 1. The van der Waals surface area contributed by atoms with Gasteiger partial charge >= 0.3 is 0 Å². The predicted molar refractivity (Wildman–Crippen MR) is 77.5 cm³/mol. The van der Waals surface area contributed by atoms with Crippen LogP contribution in [0, 0.1) is 11.3 Å². The monoisotopic (exact) mass is 269 g/mol. The standard InChI is InChI=1S/C15H24ClNO/c1-11(2)10-17(14(18)9-16)13-6-12(3)7-15(4,5)8-13/h6-7,11H,8-10H2,1-5H3. The summed E-state index contributed by atoms with van der Waals surface area (Å²) in [5.74, 6) is 0.488. The lowest BCUT2D eigenvalue weighted by molar-refractivity contribution is -0.127. The van der Waals surface area contributed by atoms with Gasteiger partial charge in [-0.15, -0.1) is 11.6 Å². The van der Waals surface area contributed by atoms with Gasteiger partial charge in [-0.3, -0.25) is 4.79 Å². The van der Waals surface area contributed by atoms with Gasteiger partial charge in [0.1, 0.15) is 5.88 Å². The van der Waals surface area contributed by atoms with E-state index in [2.05, 4.69) is 46.8 Å². The van der Waals surface area contributed by atoms with Crippen LogP contribution in [0.2, 0.25) is 0 Å². The number of hydrogen-bond acceptors (Lipinski definition) is 1. The Hall–Kier alpha value is -0.760. The van der Waals surface area contributed by atoms with Crippen molar-refractivity contribution in [3.63, 3.8) is 0 Å². The van der Waals surface area contributed by atoms with Crippen LogP contribution >= 0.6 is 11.6 Å². The predicted octanol–water partition coefficient (Wildman–Crippen LogP) is 3.97. The summed E-state index contributed by atoms with van der Waals surface area (Å²) in [7, 11) is 0. The summed E-state index contributed by atoms with van der Waals surface area (Å²) in [4.78, 5) is 13.9. The Kier molecular flexibility index (Phi) is 5.03. The Morgan fingerprint density at radius 1 is 1.50 bits per heavy atom. The molecule has 0 heterocycles. The fourth-order valence-corrected chi connectivity index (χ4v) is 2.62. The number of nitrogens with zero attached hydrogens (tertiary/aromatic N) is 1. The van der Waals surface area contributed by atoms with Gasteiger partial charge < -0.3 is 4.90 Å². The SMILES string of the molecule is CC1=CC(C)(C)CC(N(CC(C)C)C(=O)CCl)=C1. The molecule has 0 aromatic carbocycles. The maximum atomic E-state index is 12.0. The number of carbonyl (C=O) groups excluding carboxylic acids is 1. The molecule has 1 rings (SSSR count). The molecule has 1 aliphatic rings. The van der Waals surface area contributed by atoms with Gasteiger partial charge in [0.15, 0.2) is 0 Å². The molecule has 0 atom stereocenters. The average molecular weight is 270 g/mol. The van der Waals surface area contributed by atoms with Gasteiger partial charge in [0.25, 0.3) is 0 Å². The van der Waals surface area contributed by atoms with E-state index < -0.39 is 0 Å². The van der Waals surface area contributed by atoms with Gasteiger partial charge in [-0.25, -0.2) is 0 Å². The summed E-state index contributed by atoms with van der Waals surface area (Å²) in [5.41, 5.74) is 2.42. The van der Waals surface area contributed by atoms with E-state index in [1.807, 2.05) is 4.90 Å². The van der Waals surface area contributed by atoms with Crippen LogP contribution in [-0.4, -0.2) is 23.2 Å². The summed E-state index contributed by atoms with van der Waals surface area (Å²) >= 11 is 5.72. The van der Waals surface area contributed by atoms with Crippen molar-refractivity contribution in [2.75, 3.05) is 12.4 Å². The number of allylic oxidation sites excluding steroid dienone is 4. The van der Waals surface area contributed by atoms with E-state index in [1.165, 1.54) is 5.57 Å². The largest absolute Gasteiger partial charge is 0.315 e. The van der Waals surface area contributed by atoms with E-state index in [4.69, 9.17) is 11.6 Å². The van der Waals surface area contributed by atoms with E-state index in [1.54, 1.807) is 0 Å². The Morgan fingerprint density at radius 3 is 2.56 bits per heavy atom. The Morgan fingerprint density at radius 2 is 2.11 bits per heavy atom. The minimum absolute atomic E-state index is 0.00196. The molecule has 3 heteroatoms. The first-order valence-electron chi connectivity index (χ1n) is 6.51. The molecule has 1 aliphatic carbocycles. The van der Waals surface area contributed by atoms with Crippen molar-refractivity contribution in [1.82, 2.24) is 4.90 Å². The first kappa shape index (κ1) is 15.3. The summed E-state index contributed by atoms with van der Waals surface area (Å²) in [6.45, 7) is 11.4. The summed E-state index contributed by atoms with van der Waals surface area (Å²) in [5, 5.41) is 0. The minimum Gasteiger partial charge on any atom is -0.315 e. The van der Waals surface area contributed by atoms with Gasteiger partial charge in [-0.05, 0) is 30.8 Å². The van der Waals surface area contributed by atoms with Crippen molar-refractivity contribution in [2.45, 2.75) is 41.0 Å². The highest BCUT2D eigenvalue weighted by Crippen LogP contribution is 2.34. The van der Waals surface area contributed by atoms with Crippen LogP contribution in [0.15, 0.2) is 23.4 Å². The van der Waals surface area contributed by atoms with Crippen molar-refractivity contribution in [1.29, 1.82) is 0 Å². The smallest absolute Gasteiger partial charge is 0.241 e. The summed E-state index contributed by atoms with van der Waals surface area (Å²) < 4.78 is 0. The highest BCUT2D eigenvalue weighted by atomic mass is 35.5. The third-order valence-corrected chi connectivity index (χ3v) is 3.19. The molecule has 0 spiro atoms. The zero-order valence-electron chi connectivity index (χ0n) is 12.1. The maximum absolute atomic E-state index is 12.0. The Bertz CT molecular complexity index is 380. The van der Waals surface area contributed by atoms with E-state index in [-0.39, 0.29) is 17.2 Å². The second-order valence-electron chi connectivity index (χ2n) is 6.22. The van der Waals surface area contributed by atoms with Crippen LogP contribution in [-0.2, 0) is 4.79 Å². The van der Waals surface area contributed by atoms with Gasteiger partial charge in [0.05, 0.1) is 0 Å². The molecule has 0 saturated carbocycles. The Labute approximate surface area is 116 Å². The lowest BCUT2D eigenvalue weighted by atomic mass is 9.81. The second kappa shape index (κ2) is 5.92. The molecular weight excluding hydrogens is 246 g/mol. The molecule has 18 heavy (non-hydrogen) atoms. The van der Waals surface area contributed by atoms with E-state index in [0.29, 0.717) is 5.92 Å². The zero-order valence-corrected chi connectivity index (χ0v) is 12.8. The zero-order chi connectivity index (χ0) is 13.9. The minimum atomic E-state index is 0.00196. The number of hydrogen-bond donors (Lipinski definition) is 0. The molecule has 0 aromatic heterocycles.